The summed E-state index contributed by atoms with van der Waals surface area (Å²) in [7, 11) is 0. The molecule has 0 saturated carbocycles. The van der Waals surface area contributed by atoms with E-state index in [-0.39, 0.29) is 5.97 Å². The lowest BCUT2D eigenvalue weighted by Crippen LogP contribution is -2.36. The molecule has 2 rings (SSSR count). The fourth-order valence-electron chi connectivity index (χ4n) is 2.57. The average Bonchev–Trinajstić information content (AvgIpc) is 2.92. The molecule has 0 fully saturated rings. The van der Waals surface area contributed by atoms with E-state index < -0.39 is 5.54 Å². The van der Waals surface area contributed by atoms with Gasteiger partial charge in [-0.15, -0.1) is 6.58 Å². The second kappa shape index (κ2) is 6.51. The molecule has 1 heterocycles. The second-order valence-electron chi connectivity index (χ2n) is 5.00. The smallest absolute Gasteiger partial charge is 0.334 e. The number of carbonyl (C=O) groups is 1. The highest BCUT2D eigenvalue weighted by Gasteiger charge is 2.42. The van der Waals surface area contributed by atoms with Crippen LogP contribution in [-0.2, 0) is 9.53 Å². The summed E-state index contributed by atoms with van der Waals surface area (Å²) >= 11 is 0. The molecule has 20 heavy (non-hydrogen) atoms. The van der Waals surface area contributed by atoms with E-state index in [1.165, 1.54) is 0 Å². The third kappa shape index (κ3) is 2.98. The van der Waals surface area contributed by atoms with Gasteiger partial charge < -0.3 is 4.74 Å². The molecule has 1 aliphatic rings. The van der Waals surface area contributed by atoms with E-state index in [0.29, 0.717) is 13.0 Å². The Bertz CT molecular complexity index is 507. The van der Waals surface area contributed by atoms with Gasteiger partial charge >= 0.3 is 5.97 Å². The van der Waals surface area contributed by atoms with E-state index in [4.69, 9.17) is 9.73 Å². The maximum atomic E-state index is 12.3. The van der Waals surface area contributed by atoms with Gasteiger partial charge in [-0.1, -0.05) is 36.4 Å². The van der Waals surface area contributed by atoms with Crippen LogP contribution in [0.3, 0.4) is 0 Å². The average molecular weight is 271 g/mol. The van der Waals surface area contributed by atoms with Crippen molar-refractivity contribution in [1.29, 1.82) is 0 Å². The van der Waals surface area contributed by atoms with E-state index in [9.17, 15) is 4.79 Å². The van der Waals surface area contributed by atoms with Crippen molar-refractivity contribution in [3.8, 4) is 0 Å². The van der Waals surface area contributed by atoms with Gasteiger partial charge in [-0.3, -0.25) is 4.99 Å². The zero-order valence-corrected chi connectivity index (χ0v) is 12.0. The van der Waals surface area contributed by atoms with Crippen molar-refractivity contribution in [2.24, 2.45) is 4.99 Å². The highest BCUT2D eigenvalue weighted by Crippen LogP contribution is 2.34. The lowest BCUT2D eigenvalue weighted by molar-refractivity contribution is -0.149. The molecule has 0 saturated heterocycles. The second-order valence-corrected chi connectivity index (χ2v) is 5.00. The Hall–Kier alpha value is -1.90. The monoisotopic (exact) mass is 271 g/mol. The summed E-state index contributed by atoms with van der Waals surface area (Å²) in [6.45, 7) is 5.96. The van der Waals surface area contributed by atoms with Crippen molar-refractivity contribution in [2.45, 2.75) is 38.1 Å². The third-order valence-corrected chi connectivity index (χ3v) is 3.65. The quantitative estimate of drug-likeness (QED) is 0.586. The number of ether oxygens (including phenoxy) is 1. The van der Waals surface area contributed by atoms with Gasteiger partial charge in [-0.05, 0) is 38.2 Å². The zero-order chi connectivity index (χ0) is 14.4. The number of nitrogens with zero attached hydrogens (tertiary/aromatic N) is 1. The van der Waals surface area contributed by atoms with Crippen molar-refractivity contribution in [3.63, 3.8) is 0 Å². The SMILES string of the molecule is C=CCCC1(C(=O)OCC)CCC(c2ccccc2)=N1. The van der Waals surface area contributed by atoms with Gasteiger partial charge in [0, 0.05) is 5.71 Å². The Labute approximate surface area is 120 Å². The number of aliphatic imine (C=N–C) groups is 1. The Morgan fingerprint density at radius 1 is 1.45 bits per heavy atom. The summed E-state index contributed by atoms with van der Waals surface area (Å²) in [6, 6.07) is 10.0. The van der Waals surface area contributed by atoms with E-state index >= 15 is 0 Å². The number of benzene rings is 1. The van der Waals surface area contributed by atoms with Gasteiger partial charge in [0.1, 0.15) is 0 Å². The molecule has 0 aliphatic carbocycles. The minimum atomic E-state index is -0.713. The first-order valence-electron chi connectivity index (χ1n) is 7.14. The molecule has 0 spiro atoms. The molecular formula is C17H21NO2. The summed E-state index contributed by atoms with van der Waals surface area (Å²) in [5.74, 6) is -0.201. The van der Waals surface area contributed by atoms with E-state index in [1.54, 1.807) is 0 Å². The van der Waals surface area contributed by atoms with Crippen LogP contribution in [0.15, 0.2) is 48.0 Å². The Kier molecular flexibility index (Phi) is 4.72. The summed E-state index contributed by atoms with van der Waals surface area (Å²) in [6.07, 6.45) is 4.82. The maximum absolute atomic E-state index is 12.3. The third-order valence-electron chi connectivity index (χ3n) is 3.65. The number of rotatable bonds is 6. The molecule has 1 aromatic carbocycles. The number of allylic oxidation sites excluding steroid dienone is 1. The molecule has 3 heteroatoms. The number of carbonyl (C=O) groups excluding carboxylic acids is 1. The Balaban J connectivity index is 2.27. The van der Waals surface area contributed by atoms with Crippen molar-refractivity contribution >= 4 is 11.7 Å². The van der Waals surface area contributed by atoms with Crippen LogP contribution < -0.4 is 0 Å². The van der Waals surface area contributed by atoms with Crippen LogP contribution in [0.1, 0.15) is 38.2 Å². The minimum absolute atomic E-state index is 0.201. The molecule has 1 aromatic rings. The first-order valence-corrected chi connectivity index (χ1v) is 7.14. The largest absolute Gasteiger partial charge is 0.464 e. The Morgan fingerprint density at radius 3 is 2.85 bits per heavy atom. The van der Waals surface area contributed by atoms with Crippen LogP contribution in [-0.4, -0.2) is 23.8 Å². The molecular weight excluding hydrogens is 250 g/mol. The molecule has 0 radical (unpaired) electrons. The maximum Gasteiger partial charge on any atom is 0.334 e. The van der Waals surface area contributed by atoms with Gasteiger partial charge in [-0.2, -0.15) is 0 Å². The Morgan fingerprint density at radius 2 is 2.20 bits per heavy atom. The molecule has 3 nitrogen and oxygen atoms in total. The fraction of sp³-hybridized carbons (Fsp3) is 0.412. The van der Waals surface area contributed by atoms with E-state index in [0.717, 1.165) is 30.5 Å². The predicted molar refractivity (Wildman–Crippen MR) is 81.0 cm³/mol. The molecule has 106 valence electrons. The molecule has 1 atom stereocenters. The van der Waals surface area contributed by atoms with Gasteiger partial charge in [0.2, 0.25) is 0 Å². The molecule has 1 unspecified atom stereocenters. The molecule has 0 amide bonds. The first kappa shape index (κ1) is 14.5. The highest BCUT2D eigenvalue weighted by atomic mass is 16.5. The van der Waals surface area contributed by atoms with Gasteiger partial charge in [0.25, 0.3) is 0 Å². The summed E-state index contributed by atoms with van der Waals surface area (Å²) in [5.41, 5.74) is 1.38. The van der Waals surface area contributed by atoms with E-state index in [2.05, 4.69) is 6.58 Å². The van der Waals surface area contributed by atoms with Crippen LogP contribution in [0.4, 0.5) is 0 Å². The minimum Gasteiger partial charge on any atom is -0.464 e. The molecule has 0 bridgehead atoms. The van der Waals surface area contributed by atoms with Crippen LogP contribution in [0, 0.1) is 0 Å². The number of esters is 1. The molecule has 1 aliphatic heterocycles. The van der Waals surface area contributed by atoms with Crippen LogP contribution in [0.2, 0.25) is 0 Å². The van der Waals surface area contributed by atoms with Crippen LogP contribution in [0.25, 0.3) is 0 Å². The first-order chi connectivity index (χ1) is 9.72. The summed E-state index contributed by atoms with van der Waals surface area (Å²) in [4.78, 5) is 17.0. The van der Waals surface area contributed by atoms with Crippen LogP contribution in [0.5, 0.6) is 0 Å². The highest BCUT2D eigenvalue weighted by molar-refractivity contribution is 6.04. The zero-order valence-electron chi connectivity index (χ0n) is 12.0. The van der Waals surface area contributed by atoms with Gasteiger partial charge in [-0.25, -0.2) is 4.79 Å². The van der Waals surface area contributed by atoms with Crippen molar-refractivity contribution in [3.05, 3.63) is 48.6 Å². The summed E-state index contributed by atoms with van der Waals surface area (Å²) < 4.78 is 5.23. The molecule has 0 N–H and O–H groups in total. The predicted octanol–water partition coefficient (Wildman–Crippen LogP) is 3.54. The normalized spacial score (nSPS) is 21.4. The molecule has 0 aromatic heterocycles. The number of hydrogen-bond acceptors (Lipinski definition) is 3. The number of hydrogen-bond donors (Lipinski definition) is 0. The fourth-order valence-corrected chi connectivity index (χ4v) is 2.57. The van der Waals surface area contributed by atoms with Crippen molar-refractivity contribution in [1.82, 2.24) is 0 Å². The summed E-state index contributed by atoms with van der Waals surface area (Å²) in [5, 5.41) is 0. The van der Waals surface area contributed by atoms with Gasteiger partial charge in [0.05, 0.1) is 6.61 Å². The van der Waals surface area contributed by atoms with E-state index in [1.807, 2.05) is 43.3 Å². The topological polar surface area (TPSA) is 38.7 Å². The van der Waals surface area contributed by atoms with Crippen LogP contribution >= 0.6 is 0 Å². The standard InChI is InChI=1S/C17H21NO2/c1-3-5-12-17(16(19)20-4-2)13-11-15(18-17)14-9-7-6-8-10-14/h3,6-10H,1,4-5,11-13H2,2H3. The van der Waals surface area contributed by atoms with Crippen molar-refractivity contribution in [2.75, 3.05) is 6.61 Å². The van der Waals surface area contributed by atoms with Gasteiger partial charge in [0.15, 0.2) is 5.54 Å². The lowest BCUT2D eigenvalue weighted by atomic mass is 9.91. The lowest BCUT2D eigenvalue weighted by Gasteiger charge is -2.22. The van der Waals surface area contributed by atoms with Crippen molar-refractivity contribution < 1.29 is 9.53 Å².